The Kier molecular flexibility index (Phi) is 5.24. The van der Waals surface area contributed by atoms with Crippen LogP contribution in [0.5, 0.6) is 0 Å². The van der Waals surface area contributed by atoms with Crippen LogP contribution >= 0.6 is 0 Å². The standard InChI is InChI=1S/C11H20N4O3/c1-7(4-5-16)6-15-10(8(2)18-3)9(11(12)17)13-14-15/h7-8,16H,4-6H2,1-3H3,(H2,12,17). The molecule has 7 heteroatoms. The summed E-state index contributed by atoms with van der Waals surface area (Å²) in [5, 5.41) is 16.6. The van der Waals surface area contributed by atoms with Crippen molar-refractivity contribution in [3.63, 3.8) is 0 Å². The molecule has 7 nitrogen and oxygen atoms in total. The molecule has 0 radical (unpaired) electrons. The second kappa shape index (κ2) is 6.46. The van der Waals surface area contributed by atoms with Crippen LogP contribution < -0.4 is 5.73 Å². The van der Waals surface area contributed by atoms with Gasteiger partial charge >= 0.3 is 0 Å². The van der Waals surface area contributed by atoms with E-state index in [1.54, 1.807) is 18.7 Å². The number of hydrogen-bond donors (Lipinski definition) is 2. The number of ether oxygens (including phenoxy) is 1. The van der Waals surface area contributed by atoms with Crippen molar-refractivity contribution in [2.75, 3.05) is 13.7 Å². The number of aliphatic hydroxyl groups excluding tert-OH is 1. The van der Waals surface area contributed by atoms with Crippen LogP contribution in [0, 0.1) is 5.92 Å². The normalized spacial score (nSPS) is 14.4. The molecule has 18 heavy (non-hydrogen) atoms. The summed E-state index contributed by atoms with van der Waals surface area (Å²) in [5.41, 5.74) is 5.98. The fraction of sp³-hybridized carbons (Fsp3) is 0.727. The van der Waals surface area contributed by atoms with Crippen LogP contribution in [0.3, 0.4) is 0 Å². The first-order chi connectivity index (χ1) is 8.51. The lowest BCUT2D eigenvalue weighted by Crippen LogP contribution is -2.19. The fourth-order valence-corrected chi connectivity index (χ4v) is 1.75. The van der Waals surface area contributed by atoms with E-state index in [1.165, 1.54) is 0 Å². The van der Waals surface area contributed by atoms with E-state index in [-0.39, 0.29) is 24.3 Å². The number of aromatic nitrogens is 3. The van der Waals surface area contributed by atoms with Gasteiger partial charge in [0.05, 0.1) is 6.10 Å². The number of primary amides is 1. The number of aliphatic hydroxyl groups is 1. The van der Waals surface area contributed by atoms with Crippen LogP contribution in [0.25, 0.3) is 0 Å². The average molecular weight is 256 g/mol. The highest BCUT2D eigenvalue weighted by Gasteiger charge is 2.23. The lowest BCUT2D eigenvalue weighted by molar-refractivity contribution is 0.0957. The van der Waals surface area contributed by atoms with Crippen molar-refractivity contribution in [3.8, 4) is 0 Å². The van der Waals surface area contributed by atoms with Gasteiger partial charge in [0.2, 0.25) is 0 Å². The quantitative estimate of drug-likeness (QED) is 0.720. The van der Waals surface area contributed by atoms with Crippen LogP contribution in [-0.2, 0) is 11.3 Å². The van der Waals surface area contributed by atoms with Gasteiger partial charge in [0.1, 0.15) is 5.69 Å². The molecule has 0 fully saturated rings. The van der Waals surface area contributed by atoms with E-state index in [0.717, 1.165) is 0 Å². The van der Waals surface area contributed by atoms with E-state index >= 15 is 0 Å². The van der Waals surface area contributed by atoms with E-state index in [2.05, 4.69) is 10.3 Å². The molecule has 0 spiro atoms. The summed E-state index contributed by atoms with van der Waals surface area (Å²) >= 11 is 0. The minimum Gasteiger partial charge on any atom is -0.396 e. The number of rotatable bonds is 7. The van der Waals surface area contributed by atoms with E-state index in [0.29, 0.717) is 18.7 Å². The van der Waals surface area contributed by atoms with Gasteiger partial charge in [0, 0.05) is 20.3 Å². The minimum atomic E-state index is -0.616. The maximum Gasteiger partial charge on any atom is 0.271 e. The predicted molar refractivity (Wildman–Crippen MR) is 64.8 cm³/mol. The number of amides is 1. The Morgan fingerprint density at radius 2 is 2.22 bits per heavy atom. The zero-order valence-corrected chi connectivity index (χ0v) is 11.0. The maximum absolute atomic E-state index is 11.3. The van der Waals surface area contributed by atoms with Gasteiger partial charge < -0.3 is 15.6 Å². The van der Waals surface area contributed by atoms with Gasteiger partial charge in [-0.15, -0.1) is 5.10 Å². The Balaban J connectivity index is 3.00. The van der Waals surface area contributed by atoms with E-state index in [4.69, 9.17) is 15.6 Å². The Hall–Kier alpha value is -1.47. The first-order valence-electron chi connectivity index (χ1n) is 5.88. The Bertz CT molecular complexity index is 405. The predicted octanol–water partition coefficient (Wildman–Crippen LogP) is 0.103. The summed E-state index contributed by atoms with van der Waals surface area (Å²) in [7, 11) is 1.55. The lowest BCUT2D eigenvalue weighted by Gasteiger charge is -2.15. The highest BCUT2D eigenvalue weighted by molar-refractivity contribution is 5.91. The molecule has 1 heterocycles. The highest BCUT2D eigenvalue weighted by Crippen LogP contribution is 2.20. The van der Waals surface area contributed by atoms with Gasteiger partial charge in [-0.3, -0.25) is 4.79 Å². The van der Waals surface area contributed by atoms with E-state index in [1.807, 2.05) is 6.92 Å². The molecule has 1 amide bonds. The summed E-state index contributed by atoms with van der Waals surface area (Å²) in [5.74, 6) is -0.393. The second-order valence-corrected chi connectivity index (χ2v) is 4.37. The zero-order valence-electron chi connectivity index (χ0n) is 11.0. The third-order valence-electron chi connectivity index (χ3n) is 2.85. The zero-order chi connectivity index (χ0) is 13.7. The number of carbonyl (C=O) groups excluding carboxylic acids is 1. The molecule has 2 atom stereocenters. The molecule has 1 aromatic rings. The topological polar surface area (TPSA) is 103 Å². The molecule has 0 aliphatic carbocycles. The number of carbonyl (C=O) groups is 1. The first-order valence-corrected chi connectivity index (χ1v) is 5.88. The van der Waals surface area contributed by atoms with Crippen LogP contribution in [0.1, 0.15) is 42.6 Å². The smallest absolute Gasteiger partial charge is 0.271 e. The maximum atomic E-state index is 11.3. The molecule has 0 aliphatic rings. The van der Waals surface area contributed by atoms with Gasteiger partial charge in [0.25, 0.3) is 5.91 Å². The fourth-order valence-electron chi connectivity index (χ4n) is 1.75. The van der Waals surface area contributed by atoms with Gasteiger partial charge in [-0.25, -0.2) is 4.68 Å². The second-order valence-electron chi connectivity index (χ2n) is 4.37. The SMILES string of the molecule is COC(C)c1c(C(N)=O)nnn1CC(C)CCO. The average Bonchev–Trinajstić information content (AvgIpc) is 2.72. The monoisotopic (exact) mass is 256 g/mol. The van der Waals surface area contributed by atoms with Gasteiger partial charge in [-0.05, 0) is 19.3 Å². The molecule has 0 saturated carbocycles. The Morgan fingerprint density at radius 3 is 2.72 bits per heavy atom. The van der Waals surface area contributed by atoms with Gasteiger partial charge in [-0.1, -0.05) is 12.1 Å². The summed E-state index contributed by atoms with van der Waals surface area (Å²) in [6, 6.07) is 0. The molecule has 2 unspecified atom stereocenters. The minimum absolute atomic E-state index is 0.119. The number of methoxy groups -OCH3 is 1. The third-order valence-corrected chi connectivity index (χ3v) is 2.85. The van der Waals surface area contributed by atoms with Crippen LogP contribution in [0.15, 0.2) is 0 Å². The lowest BCUT2D eigenvalue weighted by atomic mass is 10.1. The van der Waals surface area contributed by atoms with Crippen molar-refractivity contribution < 1.29 is 14.6 Å². The summed E-state index contributed by atoms with van der Waals surface area (Å²) < 4.78 is 6.83. The van der Waals surface area contributed by atoms with Crippen molar-refractivity contribution in [3.05, 3.63) is 11.4 Å². The highest BCUT2D eigenvalue weighted by atomic mass is 16.5. The van der Waals surface area contributed by atoms with Crippen LogP contribution in [0.4, 0.5) is 0 Å². The number of nitrogens with zero attached hydrogens (tertiary/aromatic N) is 3. The van der Waals surface area contributed by atoms with Crippen LogP contribution in [-0.4, -0.2) is 39.7 Å². The van der Waals surface area contributed by atoms with Gasteiger partial charge in [-0.2, -0.15) is 0 Å². The molecule has 102 valence electrons. The summed E-state index contributed by atoms with van der Waals surface area (Å²) in [6.45, 7) is 4.47. The molecule has 1 aromatic heterocycles. The summed E-state index contributed by atoms with van der Waals surface area (Å²) in [6.07, 6.45) is 0.343. The Morgan fingerprint density at radius 1 is 1.56 bits per heavy atom. The van der Waals surface area contributed by atoms with Crippen molar-refractivity contribution in [1.29, 1.82) is 0 Å². The van der Waals surface area contributed by atoms with Crippen molar-refractivity contribution in [1.82, 2.24) is 15.0 Å². The summed E-state index contributed by atoms with van der Waals surface area (Å²) in [4.78, 5) is 11.3. The molecule has 0 saturated heterocycles. The largest absolute Gasteiger partial charge is 0.396 e. The molecular weight excluding hydrogens is 236 g/mol. The third kappa shape index (κ3) is 3.27. The first kappa shape index (κ1) is 14.6. The molecule has 1 rings (SSSR count). The molecular formula is C11H20N4O3. The van der Waals surface area contributed by atoms with Crippen LogP contribution in [0.2, 0.25) is 0 Å². The number of nitrogens with two attached hydrogens (primary N) is 1. The van der Waals surface area contributed by atoms with Crippen molar-refractivity contribution in [2.45, 2.75) is 32.9 Å². The molecule has 0 aromatic carbocycles. The van der Waals surface area contributed by atoms with Crippen molar-refractivity contribution >= 4 is 5.91 Å². The molecule has 0 aliphatic heterocycles. The molecule has 3 N–H and O–H groups in total. The molecule has 0 bridgehead atoms. The van der Waals surface area contributed by atoms with Gasteiger partial charge in [0.15, 0.2) is 5.69 Å². The number of hydrogen-bond acceptors (Lipinski definition) is 5. The van der Waals surface area contributed by atoms with E-state index < -0.39 is 5.91 Å². The van der Waals surface area contributed by atoms with E-state index in [9.17, 15) is 4.79 Å². The van der Waals surface area contributed by atoms with Crippen molar-refractivity contribution in [2.24, 2.45) is 11.7 Å². The Labute approximate surface area is 106 Å².